The minimum absolute atomic E-state index is 0. The Balaban J connectivity index is 0.00000196. The minimum Gasteiger partial charge on any atom is -0.380 e. The number of nitrogens with two attached hydrogens (primary N) is 1. The molecule has 1 atom stereocenters. The molecule has 0 aliphatic carbocycles. The summed E-state index contributed by atoms with van der Waals surface area (Å²) in [6, 6.07) is 0.717. The van der Waals surface area contributed by atoms with Gasteiger partial charge in [0.25, 0.3) is 0 Å². The molecule has 15 heavy (non-hydrogen) atoms. The number of likely N-dealkylation sites (tertiary alicyclic amines) is 1. The van der Waals surface area contributed by atoms with Gasteiger partial charge in [-0.25, -0.2) is 0 Å². The SMILES string of the molecule is CCOCCN1CCCCC1CCN.Cl. The number of ether oxygens (including phenoxy) is 1. The molecular weight excluding hydrogens is 212 g/mol. The van der Waals surface area contributed by atoms with Gasteiger partial charge in [0.05, 0.1) is 6.61 Å². The monoisotopic (exact) mass is 236 g/mol. The smallest absolute Gasteiger partial charge is 0.0593 e. The molecule has 1 fully saturated rings. The number of nitrogens with zero attached hydrogens (tertiary/aromatic N) is 1. The van der Waals surface area contributed by atoms with Crippen LogP contribution in [0.15, 0.2) is 0 Å². The zero-order valence-electron chi connectivity index (χ0n) is 9.78. The van der Waals surface area contributed by atoms with E-state index in [0.29, 0.717) is 6.04 Å². The molecular formula is C11H25ClN2O. The zero-order chi connectivity index (χ0) is 10.2. The third-order valence-electron chi connectivity index (χ3n) is 2.98. The lowest BCUT2D eigenvalue weighted by Gasteiger charge is -2.35. The summed E-state index contributed by atoms with van der Waals surface area (Å²) < 4.78 is 5.39. The molecule has 4 heteroatoms. The number of rotatable bonds is 6. The maximum atomic E-state index is 5.62. The van der Waals surface area contributed by atoms with E-state index in [-0.39, 0.29) is 12.4 Å². The van der Waals surface area contributed by atoms with Crippen molar-refractivity contribution >= 4 is 12.4 Å². The molecule has 0 aromatic rings. The average Bonchev–Trinajstić information content (AvgIpc) is 2.21. The highest BCUT2D eigenvalue weighted by Crippen LogP contribution is 2.18. The van der Waals surface area contributed by atoms with Gasteiger partial charge in [0.15, 0.2) is 0 Å². The Morgan fingerprint density at radius 2 is 2.20 bits per heavy atom. The second-order valence-corrected chi connectivity index (χ2v) is 3.96. The number of hydrogen-bond donors (Lipinski definition) is 1. The largest absolute Gasteiger partial charge is 0.380 e. The van der Waals surface area contributed by atoms with Crippen molar-refractivity contribution < 1.29 is 4.74 Å². The third kappa shape index (κ3) is 5.71. The van der Waals surface area contributed by atoms with E-state index in [9.17, 15) is 0 Å². The molecule has 92 valence electrons. The maximum Gasteiger partial charge on any atom is 0.0593 e. The van der Waals surface area contributed by atoms with Crippen molar-refractivity contribution in [1.82, 2.24) is 4.90 Å². The molecule has 1 rings (SSSR count). The Kier molecular flexibility index (Phi) is 9.51. The minimum atomic E-state index is 0. The molecule has 0 radical (unpaired) electrons. The maximum absolute atomic E-state index is 5.62. The summed E-state index contributed by atoms with van der Waals surface area (Å²) in [6.07, 6.45) is 5.18. The molecule has 0 bridgehead atoms. The van der Waals surface area contributed by atoms with E-state index in [1.807, 2.05) is 6.92 Å². The van der Waals surface area contributed by atoms with Crippen LogP contribution in [0.2, 0.25) is 0 Å². The Hall–Kier alpha value is 0.170. The first-order valence-electron chi connectivity index (χ1n) is 5.90. The van der Waals surface area contributed by atoms with Gasteiger partial charge in [0.2, 0.25) is 0 Å². The number of halogens is 1. The van der Waals surface area contributed by atoms with E-state index in [2.05, 4.69) is 4.90 Å². The predicted octanol–water partition coefficient (Wildman–Crippen LogP) is 1.65. The Labute approximate surface area is 99.7 Å². The van der Waals surface area contributed by atoms with E-state index in [1.165, 1.54) is 25.8 Å². The lowest BCUT2D eigenvalue weighted by molar-refractivity contribution is 0.0752. The summed E-state index contributed by atoms with van der Waals surface area (Å²) in [7, 11) is 0. The van der Waals surface area contributed by atoms with Crippen LogP contribution in [-0.2, 0) is 4.74 Å². The van der Waals surface area contributed by atoms with Crippen LogP contribution in [0.5, 0.6) is 0 Å². The van der Waals surface area contributed by atoms with Crippen LogP contribution in [-0.4, -0.2) is 43.8 Å². The van der Waals surface area contributed by atoms with Gasteiger partial charge in [-0.05, 0) is 39.3 Å². The van der Waals surface area contributed by atoms with Crippen molar-refractivity contribution in [3.8, 4) is 0 Å². The molecule has 0 amide bonds. The molecule has 1 aliphatic rings. The fourth-order valence-corrected chi connectivity index (χ4v) is 2.20. The van der Waals surface area contributed by atoms with Crippen LogP contribution < -0.4 is 5.73 Å². The highest BCUT2D eigenvalue weighted by atomic mass is 35.5. The van der Waals surface area contributed by atoms with Crippen LogP contribution in [0.25, 0.3) is 0 Å². The van der Waals surface area contributed by atoms with E-state index in [4.69, 9.17) is 10.5 Å². The van der Waals surface area contributed by atoms with Crippen LogP contribution in [0, 0.1) is 0 Å². The fraction of sp³-hybridized carbons (Fsp3) is 1.00. The van der Waals surface area contributed by atoms with Crippen molar-refractivity contribution in [3.05, 3.63) is 0 Å². The molecule has 2 N–H and O–H groups in total. The van der Waals surface area contributed by atoms with E-state index in [1.54, 1.807) is 0 Å². The van der Waals surface area contributed by atoms with E-state index in [0.717, 1.165) is 32.7 Å². The van der Waals surface area contributed by atoms with Gasteiger partial charge in [-0.2, -0.15) is 0 Å². The van der Waals surface area contributed by atoms with Crippen molar-refractivity contribution in [1.29, 1.82) is 0 Å². The van der Waals surface area contributed by atoms with Crippen molar-refractivity contribution in [2.75, 3.05) is 32.8 Å². The number of hydrogen-bond acceptors (Lipinski definition) is 3. The molecule has 0 spiro atoms. The normalized spacial score (nSPS) is 22.4. The highest BCUT2D eigenvalue weighted by molar-refractivity contribution is 5.85. The topological polar surface area (TPSA) is 38.5 Å². The molecule has 0 saturated carbocycles. The molecule has 1 aliphatic heterocycles. The Morgan fingerprint density at radius 1 is 1.40 bits per heavy atom. The summed E-state index contributed by atoms with van der Waals surface area (Å²) in [4.78, 5) is 2.55. The quantitative estimate of drug-likeness (QED) is 0.713. The van der Waals surface area contributed by atoms with Crippen LogP contribution >= 0.6 is 12.4 Å². The molecule has 1 heterocycles. The van der Waals surface area contributed by atoms with Crippen LogP contribution in [0.4, 0.5) is 0 Å². The number of piperidine rings is 1. The van der Waals surface area contributed by atoms with Crippen molar-refractivity contribution in [2.45, 2.75) is 38.6 Å². The van der Waals surface area contributed by atoms with Gasteiger partial charge in [-0.3, -0.25) is 4.90 Å². The van der Waals surface area contributed by atoms with Gasteiger partial charge in [0, 0.05) is 19.2 Å². The van der Waals surface area contributed by atoms with Crippen LogP contribution in [0.1, 0.15) is 32.6 Å². The van der Waals surface area contributed by atoms with Crippen molar-refractivity contribution in [2.24, 2.45) is 5.73 Å². The summed E-state index contributed by atoms with van der Waals surface area (Å²) in [6.45, 7) is 6.88. The second kappa shape index (κ2) is 9.40. The van der Waals surface area contributed by atoms with Gasteiger partial charge < -0.3 is 10.5 Å². The van der Waals surface area contributed by atoms with E-state index >= 15 is 0 Å². The fourth-order valence-electron chi connectivity index (χ4n) is 2.20. The molecule has 0 aromatic carbocycles. The first-order chi connectivity index (χ1) is 6.88. The first-order valence-corrected chi connectivity index (χ1v) is 5.90. The predicted molar refractivity (Wildman–Crippen MR) is 66.6 cm³/mol. The highest BCUT2D eigenvalue weighted by Gasteiger charge is 2.20. The lowest BCUT2D eigenvalue weighted by atomic mass is 9.99. The summed E-state index contributed by atoms with van der Waals surface area (Å²) >= 11 is 0. The van der Waals surface area contributed by atoms with Gasteiger partial charge in [-0.1, -0.05) is 6.42 Å². The summed E-state index contributed by atoms with van der Waals surface area (Å²) in [5, 5.41) is 0. The first kappa shape index (κ1) is 15.2. The standard InChI is InChI=1S/C11H24N2O.ClH/c1-2-14-10-9-13-8-4-3-5-11(13)6-7-12;/h11H,2-10,12H2,1H3;1H. The Bertz CT molecular complexity index is 145. The van der Waals surface area contributed by atoms with Gasteiger partial charge >= 0.3 is 0 Å². The van der Waals surface area contributed by atoms with E-state index < -0.39 is 0 Å². The molecule has 3 nitrogen and oxygen atoms in total. The zero-order valence-corrected chi connectivity index (χ0v) is 10.6. The summed E-state index contributed by atoms with van der Waals surface area (Å²) in [5.41, 5.74) is 5.62. The lowest BCUT2D eigenvalue weighted by Crippen LogP contribution is -2.42. The second-order valence-electron chi connectivity index (χ2n) is 3.96. The summed E-state index contributed by atoms with van der Waals surface area (Å²) in [5.74, 6) is 0. The van der Waals surface area contributed by atoms with Gasteiger partial charge in [0.1, 0.15) is 0 Å². The van der Waals surface area contributed by atoms with Crippen LogP contribution in [0.3, 0.4) is 0 Å². The molecule has 1 saturated heterocycles. The average molecular weight is 237 g/mol. The van der Waals surface area contributed by atoms with Crippen molar-refractivity contribution in [3.63, 3.8) is 0 Å². The van der Waals surface area contributed by atoms with Gasteiger partial charge in [-0.15, -0.1) is 12.4 Å². The molecule has 0 aromatic heterocycles. The Morgan fingerprint density at radius 3 is 2.87 bits per heavy atom. The third-order valence-corrected chi connectivity index (χ3v) is 2.98. The molecule has 1 unspecified atom stereocenters.